The Kier molecular flexibility index (Phi) is 5.09. The number of rotatable bonds is 5. The fourth-order valence-electron chi connectivity index (χ4n) is 2.51. The van der Waals surface area contributed by atoms with Gasteiger partial charge in [0.25, 0.3) is 11.6 Å². The van der Waals surface area contributed by atoms with Crippen LogP contribution < -0.4 is 4.74 Å². The molecule has 1 heterocycles. The van der Waals surface area contributed by atoms with Crippen LogP contribution in [0.2, 0.25) is 0 Å². The average molecular weight is 340 g/mol. The molecule has 0 spiro atoms. The van der Waals surface area contributed by atoms with E-state index in [-0.39, 0.29) is 24.3 Å². The van der Waals surface area contributed by atoms with E-state index >= 15 is 0 Å². The van der Waals surface area contributed by atoms with Crippen molar-refractivity contribution >= 4 is 29.3 Å². The number of ether oxygens (including phenoxy) is 1. The zero-order valence-corrected chi connectivity index (χ0v) is 13.5. The van der Waals surface area contributed by atoms with Crippen LogP contribution in [0.5, 0.6) is 5.75 Å². The first-order valence-corrected chi connectivity index (χ1v) is 8.04. The Morgan fingerprint density at radius 2 is 2.17 bits per heavy atom. The van der Waals surface area contributed by atoms with Gasteiger partial charge in [0.2, 0.25) is 0 Å². The lowest BCUT2D eigenvalue weighted by atomic mass is 10.1. The maximum absolute atomic E-state index is 12.6. The molecular weight excluding hydrogens is 324 g/mol. The van der Waals surface area contributed by atoms with Crippen LogP contribution in [-0.2, 0) is 4.79 Å². The van der Waals surface area contributed by atoms with Gasteiger partial charge in [0.05, 0.1) is 28.9 Å². The molecule has 23 heavy (non-hydrogen) atoms. The monoisotopic (exact) mass is 340 g/mol. The summed E-state index contributed by atoms with van der Waals surface area (Å²) in [5, 5.41) is 20.3. The molecule has 0 aliphatic carbocycles. The summed E-state index contributed by atoms with van der Waals surface area (Å²) in [7, 11) is 1.40. The summed E-state index contributed by atoms with van der Waals surface area (Å²) in [5.74, 6) is -1.80. The molecule has 2 rings (SSSR count). The minimum atomic E-state index is -0.964. The number of nitrogens with zero attached hydrogens (tertiary/aromatic N) is 2. The summed E-state index contributed by atoms with van der Waals surface area (Å²) in [6.45, 7) is 0.333. The van der Waals surface area contributed by atoms with E-state index in [1.165, 1.54) is 35.9 Å². The number of carbonyl (C=O) groups excluding carboxylic acids is 1. The van der Waals surface area contributed by atoms with Gasteiger partial charge in [-0.05, 0) is 18.7 Å². The number of benzene rings is 1. The number of carboxylic acids is 1. The quantitative estimate of drug-likeness (QED) is 0.495. The maximum atomic E-state index is 12.6. The summed E-state index contributed by atoms with van der Waals surface area (Å²) in [5.41, 5.74) is -0.394. The Morgan fingerprint density at radius 1 is 1.48 bits per heavy atom. The summed E-state index contributed by atoms with van der Waals surface area (Å²) in [4.78, 5) is 36.2. The highest BCUT2D eigenvalue weighted by molar-refractivity contribution is 7.98. The Labute approximate surface area is 136 Å². The number of hydrogen-bond acceptors (Lipinski definition) is 6. The summed E-state index contributed by atoms with van der Waals surface area (Å²) >= 11 is 1.31. The largest absolute Gasteiger partial charge is 0.495 e. The molecule has 1 aliphatic rings. The van der Waals surface area contributed by atoms with Gasteiger partial charge in [0.1, 0.15) is 11.3 Å². The maximum Gasteiger partial charge on any atom is 0.308 e. The highest BCUT2D eigenvalue weighted by atomic mass is 32.2. The SMILES string of the molecule is COc1cc([N+](=O)[O-])c(C(=O)N2CCC(C(=O)O)C2)cc1SC. The third-order valence-electron chi connectivity index (χ3n) is 3.75. The van der Waals surface area contributed by atoms with E-state index in [2.05, 4.69) is 0 Å². The predicted octanol–water partition coefficient (Wildman–Crippen LogP) is 1.87. The van der Waals surface area contributed by atoms with Crippen LogP contribution in [0.3, 0.4) is 0 Å². The van der Waals surface area contributed by atoms with Crippen molar-refractivity contribution in [1.29, 1.82) is 0 Å². The Bertz CT molecular complexity index is 663. The van der Waals surface area contributed by atoms with Gasteiger partial charge in [0, 0.05) is 13.1 Å². The Balaban J connectivity index is 2.39. The summed E-state index contributed by atoms with van der Waals surface area (Å²) in [6.07, 6.45) is 2.12. The average Bonchev–Trinajstić information content (AvgIpc) is 3.02. The standard InChI is InChI=1S/C14H16N2O6S/c1-22-11-6-10(16(20)21)9(5-12(11)23-2)13(17)15-4-3-8(7-15)14(18)19/h5-6,8H,3-4,7H2,1-2H3,(H,18,19). The first-order chi connectivity index (χ1) is 10.9. The van der Waals surface area contributed by atoms with Gasteiger partial charge in [0.15, 0.2) is 0 Å². The van der Waals surface area contributed by atoms with E-state index in [1.54, 1.807) is 6.26 Å². The van der Waals surface area contributed by atoms with Crippen molar-refractivity contribution < 1.29 is 24.4 Å². The lowest BCUT2D eigenvalue weighted by Gasteiger charge is -2.17. The molecule has 1 N–H and O–H groups in total. The van der Waals surface area contributed by atoms with Crippen LogP contribution in [0.15, 0.2) is 17.0 Å². The lowest BCUT2D eigenvalue weighted by Crippen LogP contribution is -2.30. The second kappa shape index (κ2) is 6.86. The summed E-state index contributed by atoms with van der Waals surface area (Å²) in [6, 6.07) is 2.65. The van der Waals surface area contributed by atoms with Crippen molar-refractivity contribution in [1.82, 2.24) is 4.90 Å². The molecule has 0 radical (unpaired) electrons. The third-order valence-corrected chi connectivity index (χ3v) is 4.51. The van der Waals surface area contributed by atoms with Crippen LogP contribution in [0.4, 0.5) is 5.69 Å². The summed E-state index contributed by atoms with van der Waals surface area (Å²) < 4.78 is 5.11. The molecule has 8 nitrogen and oxygen atoms in total. The van der Waals surface area contributed by atoms with Gasteiger partial charge in [-0.2, -0.15) is 0 Å². The zero-order valence-electron chi connectivity index (χ0n) is 12.6. The minimum Gasteiger partial charge on any atom is -0.495 e. The fourth-order valence-corrected chi connectivity index (χ4v) is 3.09. The van der Waals surface area contributed by atoms with E-state index in [0.29, 0.717) is 17.1 Å². The molecule has 1 aliphatic heterocycles. The highest BCUT2D eigenvalue weighted by Gasteiger charge is 2.34. The van der Waals surface area contributed by atoms with Gasteiger partial charge in [-0.15, -0.1) is 11.8 Å². The van der Waals surface area contributed by atoms with Crippen molar-refractivity contribution in [2.45, 2.75) is 11.3 Å². The second-order valence-corrected chi connectivity index (χ2v) is 5.90. The van der Waals surface area contributed by atoms with E-state index in [0.717, 1.165) is 0 Å². The molecule has 1 aromatic carbocycles. The molecule has 1 saturated heterocycles. The lowest BCUT2D eigenvalue weighted by molar-refractivity contribution is -0.385. The predicted molar refractivity (Wildman–Crippen MR) is 83.1 cm³/mol. The molecule has 1 amide bonds. The van der Waals surface area contributed by atoms with Crippen molar-refractivity contribution in [2.24, 2.45) is 5.92 Å². The minimum absolute atomic E-state index is 0.0498. The van der Waals surface area contributed by atoms with E-state index in [9.17, 15) is 19.7 Å². The van der Waals surface area contributed by atoms with Crippen molar-refractivity contribution in [3.63, 3.8) is 0 Å². The molecule has 124 valence electrons. The van der Waals surface area contributed by atoms with Gasteiger partial charge < -0.3 is 14.7 Å². The number of nitro groups is 1. The normalized spacial score (nSPS) is 17.1. The van der Waals surface area contributed by atoms with Gasteiger partial charge >= 0.3 is 5.97 Å². The van der Waals surface area contributed by atoms with Crippen LogP contribution in [-0.4, -0.2) is 53.3 Å². The zero-order chi connectivity index (χ0) is 17.1. The Hall–Kier alpha value is -2.29. The highest BCUT2D eigenvalue weighted by Crippen LogP contribution is 2.35. The van der Waals surface area contributed by atoms with Crippen molar-refractivity contribution in [3.05, 3.63) is 27.8 Å². The second-order valence-electron chi connectivity index (χ2n) is 5.06. The molecule has 0 bridgehead atoms. The third kappa shape index (κ3) is 3.39. The van der Waals surface area contributed by atoms with Crippen LogP contribution in [0.1, 0.15) is 16.8 Å². The molecular formula is C14H16N2O6S. The first kappa shape index (κ1) is 17.1. The van der Waals surface area contributed by atoms with E-state index in [4.69, 9.17) is 9.84 Å². The van der Waals surface area contributed by atoms with Crippen LogP contribution >= 0.6 is 11.8 Å². The van der Waals surface area contributed by atoms with Crippen molar-refractivity contribution in [3.8, 4) is 5.75 Å². The van der Waals surface area contributed by atoms with Gasteiger partial charge in [-0.25, -0.2) is 0 Å². The fraction of sp³-hybridized carbons (Fsp3) is 0.429. The number of carboxylic acid groups (broad SMARTS) is 1. The smallest absolute Gasteiger partial charge is 0.308 e. The molecule has 1 fully saturated rings. The molecule has 0 saturated carbocycles. The van der Waals surface area contributed by atoms with E-state index < -0.39 is 22.7 Å². The molecule has 1 unspecified atom stereocenters. The number of hydrogen-bond donors (Lipinski definition) is 1. The van der Waals surface area contributed by atoms with Crippen LogP contribution in [0, 0.1) is 16.0 Å². The van der Waals surface area contributed by atoms with Gasteiger partial charge in [-0.3, -0.25) is 19.7 Å². The van der Waals surface area contributed by atoms with E-state index in [1.807, 2.05) is 0 Å². The number of aliphatic carboxylic acids is 1. The molecule has 1 aromatic rings. The number of amides is 1. The van der Waals surface area contributed by atoms with Gasteiger partial charge in [-0.1, -0.05) is 0 Å². The Morgan fingerprint density at radius 3 is 2.65 bits per heavy atom. The first-order valence-electron chi connectivity index (χ1n) is 6.81. The number of nitro benzene ring substituents is 1. The molecule has 0 aromatic heterocycles. The number of carbonyl (C=O) groups is 2. The number of thioether (sulfide) groups is 1. The number of likely N-dealkylation sites (tertiary alicyclic amines) is 1. The molecule has 1 atom stereocenters. The van der Waals surface area contributed by atoms with Crippen molar-refractivity contribution in [2.75, 3.05) is 26.5 Å². The number of methoxy groups -OCH3 is 1. The topological polar surface area (TPSA) is 110 Å². The molecule has 9 heteroatoms. The van der Waals surface area contributed by atoms with Crippen LogP contribution in [0.25, 0.3) is 0 Å².